The molecular weight excluding hydrogens is 374 g/mol. The van der Waals surface area contributed by atoms with Crippen LogP contribution in [0.3, 0.4) is 0 Å². The molecule has 1 unspecified atom stereocenters. The van der Waals surface area contributed by atoms with E-state index in [0.29, 0.717) is 13.2 Å². The van der Waals surface area contributed by atoms with E-state index in [1.807, 2.05) is 56.3 Å². The van der Waals surface area contributed by atoms with Crippen LogP contribution in [0.2, 0.25) is 0 Å². The van der Waals surface area contributed by atoms with Crippen LogP contribution in [0, 0.1) is 0 Å². The SMILES string of the molecule is CCOc1ccc2nc(SC(C)C(=O)NCCc3ccc(OC)cc3)[nH]c2c1. The fourth-order valence-electron chi connectivity index (χ4n) is 2.76. The van der Waals surface area contributed by atoms with Gasteiger partial charge in [-0.3, -0.25) is 4.79 Å². The number of hydrogen-bond donors (Lipinski definition) is 2. The Bertz CT molecular complexity index is 924. The minimum absolute atomic E-state index is 0.00558. The molecule has 0 saturated carbocycles. The third-order valence-electron chi connectivity index (χ3n) is 4.27. The van der Waals surface area contributed by atoms with Crippen LogP contribution in [0.1, 0.15) is 19.4 Å². The molecule has 3 aromatic rings. The standard InChI is InChI=1S/C21H25N3O3S/c1-4-27-17-9-10-18-19(13-17)24-21(23-18)28-14(2)20(25)22-12-11-15-5-7-16(26-3)8-6-15/h5-10,13-14H,4,11-12H2,1-3H3,(H,22,25)(H,23,24). The Morgan fingerprint density at radius 1 is 1.21 bits per heavy atom. The first kappa shape index (κ1) is 20.1. The molecule has 148 valence electrons. The summed E-state index contributed by atoms with van der Waals surface area (Å²) in [7, 11) is 1.65. The number of aromatic nitrogens is 2. The monoisotopic (exact) mass is 399 g/mol. The topological polar surface area (TPSA) is 76.2 Å². The highest BCUT2D eigenvalue weighted by Crippen LogP contribution is 2.26. The number of ether oxygens (including phenoxy) is 2. The lowest BCUT2D eigenvalue weighted by Gasteiger charge is -2.10. The van der Waals surface area contributed by atoms with Gasteiger partial charge in [0.25, 0.3) is 0 Å². The zero-order chi connectivity index (χ0) is 19.9. The first-order chi connectivity index (χ1) is 13.6. The molecule has 0 aliphatic carbocycles. The molecule has 7 heteroatoms. The predicted octanol–water partition coefficient (Wildman–Crippen LogP) is 3.81. The van der Waals surface area contributed by atoms with Crippen molar-refractivity contribution in [2.24, 2.45) is 0 Å². The van der Waals surface area contributed by atoms with Crippen LogP contribution in [0.15, 0.2) is 47.6 Å². The fourth-order valence-corrected chi connectivity index (χ4v) is 3.61. The molecule has 0 aliphatic heterocycles. The van der Waals surface area contributed by atoms with Crippen molar-refractivity contribution in [1.29, 1.82) is 0 Å². The number of amides is 1. The number of rotatable bonds is 9. The molecule has 28 heavy (non-hydrogen) atoms. The number of H-pyrrole nitrogens is 1. The summed E-state index contributed by atoms with van der Waals surface area (Å²) >= 11 is 1.41. The fraction of sp³-hybridized carbons (Fsp3) is 0.333. The highest BCUT2D eigenvalue weighted by atomic mass is 32.2. The highest BCUT2D eigenvalue weighted by Gasteiger charge is 2.16. The second-order valence-electron chi connectivity index (χ2n) is 6.30. The van der Waals surface area contributed by atoms with E-state index in [4.69, 9.17) is 9.47 Å². The van der Waals surface area contributed by atoms with Gasteiger partial charge in [-0.25, -0.2) is 4.98 Å². The number of carbonyl (C=O) groups excluding carboxylic acids is 1. The summed E-state index contributed by atoms with van der Waals surface area (Å²) in [5.74, 6) is 1.63. The predicted molar refractivity (Wildman–Crippen MR) is 112 cm³/mol. The highest BCUT2D eigenvalue weighted by molar-refractivity contribution is 8.00. The Hall–Kier alpha value is -2.67. The van der Waals surface area contributed by atoms with Gasteiger partial charge in [0.15, 0.2) is 5.16 Å². The van der Waals surface area contributed by atoms with E-state index in [9.17, 15) is 4.79 Å². The molecule has 2 N–H and O–H groups in total. The Balaban J connectivity index is 1.51. The van der Waals surface area contributed by atoms with Gasteiger partial charge < -0.3 is 19.8 Å². The van der Waals surface area contributed by atoms with Crippen molar-refractivity contribution in [3.05, 3.63) is 48.0 Å². The van der Waals surface area contributed by atoms with Crippen molar-refractivity contribution in [2.45, 2.75) is 30.7 Å². The van der Waals surface area contributed by atoms with Crippen molar-refractivity contribution in [2.75, 3.05) is 20.3 Å². The van der Waals surface area contributed by atoms with E-state index in [1.54, 1.807) is 7.11 Å². The number of imidazole rings is 1. The van der Waals surface area contributed by atoms with Crippen LogP contribution in [-0.4, -0.2) is 41.4 Å². The molecule has 2 aromatic carbocycles. The first-order valence-electron chi connectivity index (χ1n) is 9.29. The van der Waals surface area contributed by atoms with Crippen molar-refractivity contribution in [3.63, 3.8) is 0 Å². The van der Waals surface area contributed by atoms with Crippen LogP contribution in [0.4, 0.5) is 0 Å². The number of fused-ring (bicyclic) bond motifs is 1. The second-order valence-corrected chi connectivity index (χ2v) is 7.63. The van der Waals surface area contributed by atoms with Crippen LogP contribution in [0.5, 0.6) is 11.5 Å². The molecule has 1 amide bonds. The number of benzene rings is 2. The normalized spacial score (nSPS) is 12.0. The molecule has 1 aromatic heterocycles. The van der Waals surface area contributed by atoms with Gasteiger partial charge in [0.2, 0.25) is 5.91 Å². The summed E-state index contributed by atoms with van der Waals surface area (Å²) in [5.41, 5.74) is 2.92. The van der Waals surface area contributed by atoms with Gasteiger partial charge in [-0.05, 0) is 50.1 Å². The molecule has 0 radical (unpaired) electrons. The maximum Gasteiger partial charge on any atom is 0.233 e. The lowest BCUT2D eigenvalue weighted by atomic mass is 10.1. The van der Waals surface area contributed by atoms with Crippen LogP contribution < -0.4 is 14.8 Å². The number of hydrogen-bond acceptors (Lipinski definition) is 5. The Labute approximate surface area is 169 Å². The Morgan fingerprint density at radius 3 is 2.68 bits per heavy atom. The van der Waals surface area contributed by atoms with Gasteiger partial charge >= 0.3 is 0 Å². The van der Waals surface area contributed by atoms with Gasteiger partial charge in [-0.1, -0.05) is 23.9 Å². The average Bonchev–Trinajstić information content (AvgIpc) is 3.10. The summed E-state index contributed by atoms with van der Waals surface area (Å²) in [4.78, 5) is 20.2. The number of carbonyl (C=O) groups is 1. The van der Waals surface area contributed by atoms with Crippen LogP contribution >= 0.6 is 11.8 Å². The number of methoxy groups -OCH3 is 1. The molecule has 0 spiro atoms. The van der Waals surface area contributed by atoms with Crippen molar-refractivity contribution >= 4 is 28.7 Å². The minimum atomic E-state index is -0.247. The molecule has 1 heterocycles. The maximum absolute atomic E-state index is 12.4. The van der Waals surface area contributed by atoms with Gasteiger partial charge in [0.1, 0.15) is 11.5 Å². The van der Waals surface area contributed by atoms with Gasteiger partial charge in [0.05, 0.1) is 30.0 Å². The molecular formula is C21H25N3O3S. The van der Waals surface area contributed by atoms with E-state index in [1.165, 1.54) is 11.8 Å². The summed E-state index contributed by atoms with van der Waals surface area (Å²) in [6.45, 7) is 5.04. The summed E-state index contributed by atoms with van der Waals surface area (Å²) in [6, 6.07) is 13.6. The number of thioether (sulfide) groups is 1. The van der Waals surface area contributed by atoms with Crippen LogP contribution in [0.25, 0.3) is 11.0 Å². The second kappa shape index (κ2) is 9.50. The van der Waals surface area contributed by atoms with E-state index >= 15 is 0 Å². The van der Waals surface area contributed by atoms with Crippen molar-refractivity contribution < 1.29 is 14.3 Å². The van der Waals surface area contributed by atoms with Crippen LogP contribution in [-0.2, 0) is 11.2 Å². The maximum atomic E-state index is 12.4. The quantitative estimate of drug-likeness (QED) is 0.535. The van der Waals surface area contributed by atoms with Gasteiger partial charge in [-0.2, -0.15) is 0 Å². The Kier molecular flexibility index (Phi) is 6.81. The number of nitrogens with zero attached hydrogens (tertiary/aromatic N) is 1. The van der Waals surface area contributed by atoms with E-state index in [0.717, 1.165) is 39.7 Å². The molecule has 3 rings (SSSR count). The third kappa shape index (κ3) is 5.19. The molecule has 0 fully saturated rings. The Morgan fingerprint density at radius 2 is 1.96 bits per heavy atom. The van der Waals surface area contributed by atoms with Gasteiger partial charge in [0, 0.05) is 12.6 Å². The third-order valence-corrected chi connectivity index (χ3v) is 5.26. The zero-order valence-electron chi connectivity index (χ0n) is 16.3. The molecule has 0 bridgehead atoms. The van der Waals surface area contributed by atoms with E-state index in [2.05, 4.69) is 15.3 Å². The van der Waals surface area contributed by atoms with Crippen molar-refractivity contribution in [3.8, 4) is 11.5 Å². The molecule has 0 saturated heterocycles. The lowest BCUT2D eigenvalue weighted by Crippen LogP contribution is -2.32. The molecule has 1 atom stereocenters. The van der Waals surface area contributed by atoms with E-state index in [-0.39, 0.29) is 11.2 Å². The summed E-state index contributed by atoms with van der Waals surface area (Å²) in [6.07, 6.45) is 0.776. The molecule has 6 nitrogen and oxygen atoms in total. The number of nitrogens with one attached hydrogen (secondary N) is 2. The number of aromatic amines is 1. The summed E-state index contributed by atoms with van der Waals surface area (Å²) in [5, 5.41) is 3.46. The first-order valence-corrected chi connectivity index (χ1v) is 10.2. The smallest absolute Gasteiger partial charge is 0.233 e. The lowest BCUT2D eigenvalue weighted by molar-refractivity contribution is -0.120. The van der Waals surface area contributed by atoms with Gasteiger partial charge in [-0.15, -0.1) is 0 Å². The van der Waals surface area contributed by atoms with E-state index < -0.39 is 0 Å². The zero-order valence-corrected chi connectivity index (χ0v) is 17.1. The minimum Gasteiger partial charge on any atom is -0.497 e. The average molecular weight is 400 g/mol. The van der Waals surface area contributed by atoms with Crippen molar-refractivity contribution in [1.82, 2.24) is 15.3 Å². The molecule has 0 aliphatic rings. The largest absolute Gasteiger partial charge is 0.497 e. The summed E-state index contributed by atoms with van der Waals surface area (Å²) < 4.78 is 10.7.